The first-order chi connectivity index (χ1) is 10.0. The molecule has 0 amide bonds. The lowest BCUT2D eigenvalue weighted by Crippen LogP contribution is -2.49. The number of rotatable bonds is 3. The molecule has 4 heteroatoms. The Kier molecular flexibility index (Phi) is 3.73. The molecule has 1 heterocycles. The Morgan fingerprint density at radius 1 is 1.43 bits per heavy atom. The number of nitrogens with zero attached hydrogens (tertiary/aromatic N) is 3. The zero-order valence-electron chi connectivity index (χ0n) is 12.8. The van der Waals surface area contributed by atoms with Crippen LogP contribution in [0, 0.1) is 22.6 Å². The lowest BCUT2D eigenvalue weighted by atomic mass is 9.64. The van der Waals surface area contributed by atoms with Crippen molar-refractivity contribution in [1.82, 2.24) is 9.80 Å². The van der Waals surface area contributed by atoms with Crippen molar-refractivity contribution < 1.29 is 4.39 Å². The lowest BCUT2D eigenvalue weighted by molar-refractivity contribution is 0.0322. The smallest absolute Gasteiger partial charge is 0.140 e. The third-order valence-electron chi connectivity index (χ3n) is 5.14. The van der Waals surface area contributed by atoms with Crippen LogP contribution in [0.2, 0.25) is 0 Å². The molecule has 1 saturated carbocycles. The molecule has 1 aromatic carbocycles. The largest absolute Gasteiger partial charge is 0.306 e. The average molecular weight is 287 g/mol. The van der Waals surface area contributed by atoms with Gasteiger partial charge in [-0.3, -0.25) is 4.90 Å². The molecule has 0 bridgehead atoms. The van der Waals surface area contributed by atoms with Crippen LogP contribution in [0.3, 0.4) is 0 Å². The number of hydrogen-bond acceptors (Lipinski definition) is 3. The van der Waals surface area contributed by atoms with E-state index in [1.807, 2.05) is 6.07 Å². The Hall–Kier alpha value is -1.44. The van der Waals surface area contributed by atoms with Crippen LogP contribution >= 0.6 is 0 Å². The summed E-state index contributed by atoms with van der Waals surface area (Å²) in [6, 6.07) is 7.54. The van der Waals surface area contributed by atoms with E-state index in [9.17, 15) is 4.39 Å². The van der Waals surface area contributed by atoms with E-state index in [1.54, 1.807) is 12.1 Å². The Balaban J connectivity index is 1.60. The first-order valence-electron chi connectivity index (χ1n) is 7.59. The van der Waals surface area contributed by atoms with E-state index in [4.69, 9.17) is 5.26 Å². The van der Waals surface area contributed by atoms with Gasteiger partial charge >= 0.3 is 0 Å². The maximum atomic E-state index is 13.3. The molecule has 2 fully saturated rings. The molecule has 0 N–H and O–H groups in total. The standard InChI is InChI=1S/C17H22FN3/c1-20(2)15-8-17(9-15)5-6-21(12-17)11-13-3-4-16(18)14(7-13)10-19/h3-4,7,15H,5-6,8-9,11-12H2,1-2H3. The van der Waals surface area contributed by atoms with Crippen LogP contribution in [-0.4, -0.2) is 43.0 Å². The highest BCUT2D eigenvalue weighted by Crippen LogP contribution is 2.49. The molecule has 1 aromatic rings. The SMILES string of the molecule is CN(C)C1CC2(CCN(Cc3ccc(F)c(C#N)c3)C2)C1. The average Bonchev–Trinajstić information content (AvgIpc) is 2.83. The van der Waals surface area contributed by atoms with Crippen LogP contribution < -0.4 is 0 Å². The maximum absolute atomic E-state index is 13.3. The quantitative estimate of drug-likeness (QED) is 0.856. The van der Waals surface area contributed by atoms with Crippen molar-refractivity contribution >= 4 is 0 Å². The van der Waals surface area contributed by atoms with Crippen molar-refractivity contribution in [3.05, 3.63) is 35.1 Å². The van der Waals surface area contributed by atoms with Gasteiger partial charge < -0.3 is 4.90 Å². The van der Waals surface area contributed by atoms with Crippen molar-refractivity contribution in [3.8, 4) is 6.07 Å². The molecule has 21 heavy (non-hydrogen) atoms. The van der Waals surface area contributed by atoms with Crippen LogP contribution in [0.4, 0.5) is 4.39 Å². The topological polar surface area (TPSA) is 30.3 Å². The molecule has 3 nitrogen and oxygen atoms in total. The second kappa shape index (κ2) is 5.40. The number of nitriles is 1. The zero-order valence-corrected chi connectivity index (χ0v) is 12.8. The van der Waals surface area contributed by atoms with E-state index in [0.717, 1.165) is 31.2 Å². The fourth-order valence-electron chi connectivity index (χ4n) is 3.82. The van der Waals surface area contributed by atoms with Gasteiger partial charge in [0, 0.05) is 19.1 Å². The van der Waals surface area contributed by atoms with Gasteiger partial charge in [0.25, 0.3) is 0 Å². The number of likely N-dealkylation sites (tertiary alicyclic amines) is 1. The third kappa shape index (κ3) is 2.81. The van der Waals surface area contributed by atoms with Crippen molar-refractivity contribution in [1.29, 1.82) is 5.26 Å². The second-order valence-electron chi connectivity index (χ2n) is 6.91. The molecular weight excluding hydrogens is 265 g/mol. The summed E-state index contributed by atoms with van der Waals surface area (Å²) in [4.78, 5) is 4.77. The lowest BCUT2D eigenvalue weighted by Gasteiger charge is -2.48. The van der Waals surface area contributed by atoms with Crippen molar-refractivity contribution in [3.63, 3.8) is 0 Å². The first-order valence-corrected chi connectivity index (χ1v) is 7.59. The summed E-state index contributed by atoms with van der Waals surface area (Å²) in [6.07, 6.45) is 3.86. The van der Waals surface area contributed by atoms with Gasteiger partial charge in [0.2, 0.25) is 0 Å². The van der Waals surface area contributed by atoms with Crippen molar-refractivity contribution in [2.24, 2.45) is 5.41 Å². The van der Waals surface area contributed by atoms with Gasteiger partial charge in [-0.25, -0.2) is 4.39 Å². The predicted molar refractivity (Wildman–Crippen MR) is 80.2 cm³/mol. The molecule has 112 valence electrons. The molecule has 1 spiro atoms. The fourth-order valence-corrected chi connectivity index (χ4v) is 3.82. The minimum absolute atomic E-state index is 0.151. The number of hydrogen-bond donors (Lipinski definition) is 0. The number of halogens is 1. The van der Waals surface area contributed by atoms with Crippen LogP contribution in [-0.2, 0) is 6.54 Å². The highest BCUT2D eigenvalue weighted by atomic mass is 19.1. The highest BCUT2D eigenvalue weighted by Gasteiger charge is 2.48. The Bertz CT molecular complexity index is 570. The van der Waals surface area contributed by atoms with Crippen LogP contribution in [0.25, 0.3) is 0 Å². The van der Waals surface area contributed by atoms with Gasteiger partial charge in [-0.2, -0.15) is 5.26 Å². The number of benzene rings is 1. The summed E-state index contributed by atoms with van der Waals surface area (Å²) in [5, 5.41) is 8.91. The summed E-state index contributed by atoms with van der Waals surface area (Å²) >= 11 is 0. The van der Waals surface area contributed by atoms with Crippen LogP contribution in [0.15, 0.2) is 18.2 Å². The zero-order chi connectivity index (χ0) is 15.0. The summed E-state index contributed by atoms with van der Waals surface area (Å²) in [6.45, 7) is 3.07. The van der Waals surface area contributed by atoms with Crippen LogP contribution in [0.5, 0.6) is 0 Å². The molecule has 0 unspecified atom stereocenters. The third-order valence-corrected chi connectivity index (χ3v) is 5.14. The Morgan fingerprint density at radius 2 is 2.19 bits per heavy atom. The Labute approximate surface area is 126 Å². The predicted octanol–water partition coefficient (Wildman–Crippen LogP) is 2.61. The summed E-state index contributed by atoms with van der Waals surface area (Å²) in [5.41, 5.74) is 1.69. The summed E-state index contributed by atoms with van der Waals surface area (Å²) in [5.74, 6) is -0.424. The van der Waals surface area contributed by atoms with Gasteiger partial charge in [0.15, 0.2) is 0 Å². The maximum Gasteiger partial charge on any atom is 0.140 e. The van der Waals surface area contributed by atoms with E-state index in [2.05, 4.69) is 23.9 Å². The van der Waals surface area contributed by atoms with Crippen molar-refractivity contribution in [2.75, 3.05) is 27.2 Å². The molecule has 1 saturated heterocycles. The van der Waals surface area contributed by atoms with Gasteiger partial charge in [-0.05, 0) is 63.0 Å². The summed E-state index contributed by atoms with van der Waals surface area (Å²) in [7, 11) is 4.32. The van der Waals surface area contributed by atoms with E-state index in [-0.39, 0.29) is 5.56 Å². The molecule has 1 aliphatic heterocycles. The van der Waals surface area contributed by atoms with E-state index in [0.29, 0.717) is 5.41 Å². The normalized spacial score (nSPS) is 28.8. The van der Waals surface area contributed by atoms with E-state index >= 15 is 0 Å². The van der Waals surface area contributed by atoms with E-state index in [1.165, 1.54) is 25.3 Å². The molecule has 1 aliphatic carbocycles. The molecule has 0 aromatic heterocycles. The van der Waals surface area contributed by atoms with Gasteiger partial charge in [-0.1, -0.05) is 6.07 Å². The fraction of sp³-hybridized carbons (Fsp3) is 0.588. The molecule has 2 aliphatic rings. The first kappa shape index (κ1) is 14.5. The van der Waals surface area contributed by atoms with Crippen LogP contribution in [0.1, 0.15) is 30.4 Å². The molecule has 0 radical (unpaired) electrons. The minimum atomic E-state index is -0.424. The summed E-state index contributed by atoms with van der Waals surface area (Å²) < 4.78 is 13.3. The Morgan fingerprint density at radius 3 is 2.86 bits per heavy atom. The molecular formula is C17H22FN3. The van der Waals surface area contributed by atoms with Gasteiger partial charge in [-0.15, -0.1) is 0 Å². The second-order valence-corrected chi connectivity index (χ2v) is 6.91. The van der Waals surface area contributed by atoms with Gasteiger partial charge in [0.05, 0.1) is 5.56 Å². The minimum Gasteiger partial charge on any atom is -0.306 e. The van der Waals surface area contributed by atoms with Crippen molar-refractivity contribution in [2.45, 2.75) is 31.8 Å². The van der Waals surface area contributed by atoms with Gasteiger partial charge in [0.1, 0.15) is 11.9 Å². The monoisotopic (exact) mass is 287 g/mol. The van der Waals surface area contributed by atoms with E-state index < -0.39 is 5.82 Å². The molecule has 3 rings (SSSR count). The highest BCUT2D eigenvalue weighted by molar-refractivity contribution is 5.34. The molecule has 0 atom stereocenters.